The Hall–Kier alpha value is -1.20. The first kappa shape index (κ1) is 14.7. The molecule has 1 spiro atoms. The molecular formula is C15H17ClF2N2O. The zero-order chi connectivity index (χ0) is 15.2. The van der Waals surface area contributed by atoms with Gasteiger partial charge in [0.1, 0.15) is 0 Å². The second kappa shape index (κ2) is 5.21. The zero-order valence-electron chi connectivity index (χ0n) is 11.5. The minimum atomic E-state index is -1.01. The Morgan fingerprint density at radius 2 is 1.81 bits per heavy atom. The predicted octanol–water partition coefficient (Wildman–Crippen LogP) is 3.24. The third-order valence-electron chi connectivity index (χ3n) is 4.78. The van der Waals surface area contributed by atoms with Gasteiger partial charge < -0.3 is 10.6 Å². The minimum Gasteiger partial charge on any atom is -0.328 e. The molecule has 1 aliphatic carbocycles. The van der Waals surface area contributed by atoms with Crippen LogP contribution in [0.5, 0.6) is 0 Å². The summed E-state index contributed by atoms with van der Waals surface area (Å²) in [5, 5.41) is 0.0619. The van der Waals surface area contributed by atoms with Gasteiger partial charge in [-0.3, -0.25) is 4.79 Å². The van der Waals surface area contributed by atoms with Crippen molar-refractivity contribution in [2.24, 2.45) is 11.1 Å². The molecule has 2 fully saturated rings. The second-order valence-electron chi connectivity index (χ2n) is 6.04. The van der Waals surface area contributed by atoms with Gasteiger partial charge in [0, 0.05) is 18.7 Å². The Labute approximate surface area is 127 Å². The number of rotatable bonds is 1. The minimum absolute atomic E-state index is 0.0395. The number of nitrogens with zero attached hydrogens (tertiary/aromatic N) is 1. The summed E-state index contributed by atoms with van der Waals surface area (Å²) in [6.45, 7) is 0.485. The van der Waals surface area contributed by atoms with Crippen molar-refractivity contribution in [1.82, 2.24) is 0 Å². The summed E-state index contributed by atoms with van der Waals surface area (Å²) in [5.41, 5.74) is 5.76. The van der Waals surface area contributed by atoms with Crippen LogP contribution in [0.15, 0.2) is 12.1 Å². The van der Waals surface area contributed by atoms with E-state index in [0.29, 0.717) is 13.0 Å². The number of amides is 1. The topological polar surface area (TPSA) is 46.3 Å². The van der Waals surface area contributed by atoms with Crippen LogP contribution in [0.4, 0.5) is 14.5 Å². The molecule has 1 heterocycles. The Morgan fingerprint density at radius 1 is 1.19 bits per heavy atom. The summed E-state index contributed by atoms with van der Waals surface area (Å²) in [7, 11) is 0. The molecular weight excluding hydrogens is 298 g/mol. The van der Waals surface area contributed by atoms with E-state index in [4.69, 9.17) is 17.3 Å². The first-order valence-electron chi connectivity index (χ1n) is 7.15. The maximum Gasteiger partial charge on any atom is 0.233 e. The van der Waals surface area contributed by atoms with Crippen LogP contribution >= 0.6 is 11.6 Å². The molecule has 1 aliphatic heterocycles. The third kappa shape index (κ3) is 2.42. The molecule has 6 heteroatoms. The van der Waals surface area contributed by atoms with Crippen LogP contribution in [0, 0.1) is 17.0 Å². The molecule has 21 heavy (non-hydrogen) atoms. The molecule has 0 atom stereocenters. The lowest BCUT2D eigenvalue weighted by Crippen LogP contribution is -2.40. The van der Waals surface area contributed by atoms with E-state index in [0.717, 1.165) is 37.8 Å². The van der Waals surface area contributed by atoms with Crippen LogP contribution in [-0.2, 0) is 4.79 Å². The smallest absolute Gasteiger partial charge is 0.233 e. The molecule has 114 valence electrons. The van der Waals surface area contributed by atoms with E-state index in [1.807, 2.05) is 0 Å². The van der Waals surface area contributed by atoms with Crippen molar-refractivity contribution >= 4 is 23.2 Å². The van der Waals surface area contributed by atoms with Gasteiger partial charge in [-0.25, -0.2) is 8.78 Å². The zero-order valence-corrected chi connectivity index (χ0v) is 12.3. The van der Waals surface area contributed by atoms with Crippen molar-refractivity contribution in [3.05, 3.63) is 28.8 Å². The lowest BCUT2D eigenvalue weighted by atomic mass is 9.71. The van der Waals surface area contributed by atoms with Gasteiger partial charge in [-0.1, -0.05) is 11.6 Å². The number of benzene rings is 1. The molecule has 1 saturated heterocycles. The summed E-state index contributed by atoms with van der Waals surface area (Å²) in [6.07, 6.45) is 3.87. The van der Waals surface area contributed by atoms with E-state index >= 15 is 0 Å². The maximum atomic E-state index is 13.4. The summed E-state index contributed by atoms with van der Waals surface area (Å²) in [4.78, 5) is 14.2. The second-order valence-corrected chi connectivity index (χ2v) is 6.45. The van der Waals surface area contributed by atoms with Crippen molar-refractivity contribution in [2.75, 3.05) is 11.4 Å². The fourth-order valence-corrected chi connectivity index (χ4v) is 3.68. The van der Waals surface area contributed by atoms with Crippen molar-refractivity contribution < 1.29 is 13.6 Å². The van der Waals surface area contributed by atoms with Crippen LogP contribution in [0.25, 0.3) is 0 Å². The molecule has 3 rings (SSSR count). The number of anilines is 1. The van der Waals surface area contributed by atoms with E-state index in [2.05, 4.69) is 0 Å². The van der Waals surface area contributed by atoms with Gasteiger partial charge in [0.15, 0.2) is 11.6 Å². The summed E-state index contributed by atoms with van der Waals surface area (Å²) < 4.78 is 26.6. The average molecular weight is 315 g/mol. The third-order valence-corrected chi connectivity index (χ3v) is 5.08. The Kier molecular flexibility index (Phi) is 3.66. The predicted molar refractivity (Wildman–Crippen MR) is 77.2 cm³/mol. The van der Waals surface area contributed by atoms with Gasteiger partial charge in [0.2, 0.25) is 5.91 Å². The van der Waals surface area contributed by atoms with Crippen LogP contribution < -0.4 is 10.6 Å². The number of hydrogen-bond donors (Lipinski definition) is 1. The normalized spacial score (nSPS) is 29.4. The number of carbonyl (C=O) groups excluding carboxylic acids is 1. The van der Waals surface area contributed by atoms with Crippen molar-refractivity contribution in [3.8, 4) is 0 Å². The van der Waals surface area contributed by atoms with Gasteiger partial charge in [-0.2, -0.15) is 0 Å². The summed E-state index contributed by atoms with van der Waals surface area (Å²) in [6, 6.07) is 2.08. The summed E-state index contributed by atoms with van der Waals surface area (Å²) in [5.74, 6) is -2.04. The molecule has 0 unspecified atom stereocenters. The molecule has 1 aromatic rings. The van der Waals surface area contributed by atoms with Crippen molar-refractivity contribution in [1.29, 1.82) is 0 Å². The number of nitrogens with two attached hydrogens (primary N) is 1. The molecule has 0 radical (unpaired) electrons. The first-order valence-corrected chi connectivity index (χ1v) is 7.53. The SMILES string of the molecule is NC1CCC2(CC1)CCN(c1cc(F)c(F)cc1Cl)C2=O. The molecule has 2 aliphatic rings. The monoisotopic (exact) mass is 314 g/mol. The fourth-order valence-electron chi connectivity index (χ4n) is 3.43. The van der Waals surface area contributed by atoms with Gasteiger partial charge in [-0.05, 0) is 38.2 Å². The molecule has 2 N–H and O–H groups in total. The van der Waals surface area contributed by atoms with Crippen LogP contribution in [0.3, 0.4) is 0 Å². The van der Waals surface area contributed by atoms with E-state index in [-0.39, 0.29) is 22.7 Å². The fraction of sp³-hybridized carbons (Fsp3) is 0.533. The number of halogens is 3. The molecule has 1 aromatic carbocycles. The highest BCUT2D eigenvalue weighted by Crippen LogP contribution is 2.46. The van der Waals surface area contributed by atoms with E-state index in [1.54, 1.807) is 0 Å². The molecule has 3 nitrogen and oxygen atoms in total. The van der Waals surface area contributed by atoms with E-state index in [1.165, 1.54) is 4.90 Å². The van der Waals surface area contributed by atoms with Crippen LogP contribution in [0.2, 0.25) is 5.02 Å². The number of hydrogen-bond acceptors (Lipinski definition) is 2. The first-order chi connectivity index (χ1) is 9.93. The Bertz CT molecular complexity index is 585. The molecule has 0 bridgehead atoms. The Balaban J connectivity index is 1.89. The highest BCUT2D eigenvalue weighted by molar-refractivity contribution is 6.34. The quantitative estimate of drug-likeness (QED) is 0.809. The van der Waals surface area contributed by atoms with Crippen LogP contribution in [0.1, 0.15) is 32.1 Å². The Morgan fingerprint density at radius 3 is 2.48 bits per heavy atom. The lowest BCUT2D eigenvalue weighted by Gasteiger charge is -2.34. The molecule has 1 saturated carbocycles. The lowest BCUT2D eigenvalue weighted by molar-refractivity contribution is -0.127. The van der Waals surface area contributed by atoms with E-state index < -0.39 is 17.0 Å². The van der Waals surface area contributed by atoms with Crippen molar-refractivity contribution in [2.45, 2.75) is 38.1 Å². The van der Waals surface area contributed by atoms with Gasteiger partial charge in [0.05, 0.1) is 16.1 Å². The highest BCUT2D eigenvalue weighted by atomic mass is 35.5. The summed E-state index contributed by atoms with van der Waals surface area (Å²) >= 11 is 5.98. The number of carbonyl (C=O) groups is 1. The molecule has 0 aromatic heterocycles. The van der Waals surface area contributed by atoms with Crippen LogP contribution in [-0.4, -0.2) is 18.5 Å². The molecule has 1 amide bonds. The average Bonchev–Trinajstić information content (AvgIpc) is 2.76. The standard InChI is InChI=1S/C15H17ClF2N2O/c16-10-7-11(17)12(18)8-13(10)20-6-5-15(14(20)21)3-1-9(19)2-4-15/h7-9H,1-6,19H2. The highest BCUT2D eigenvalue weighted by Gasteiger charge is 2.48. The van der Waals surface area contributed by atoms with Gasteiger partial charge >= 0.3 is 0 Å². The van der Waals surface area contributed by atoms with Crippen molar-refractivity contribution in [3.63, 3.8) is 0 Å². The largest absolute Gasteiger partial charge is 0.328 e. The van der Waals surface area contributed by atoms with Gasteiger partial charge in [-0.15, -0.1) is 0 Å². The van der Waals surface area contributed by atoms with E-state index in [9.17, 15) is 13.6 Å². The maximum absolute atomic E-state index is 13.4. The van der Waals surface area contributed by atoms with Gasteiger partial charge in [0.25, 0.3) is 0 Å².